The van der Waals surface area contributed by atoms with Crippen molar-refractivity contribution in [3.8, 4) is 16.9 Å². The molecule has 0 atom stereocenters. The van der Waals surface area contributed by atoms with E-state index in [-0.39, 0.29) is 12.5 Å². The van der Waals surface area contributed by atoms with Gasteiger partial charge in [0.15, 0.2) is 5.13 Å². The average molecular weight is 540 g/mol. The molecule has 12 heteroatoms. The van der Waals surface area contributed by atoms with Crippen molar-refractivity contribution in [1.29, 1.82) is 0 Å². The zero-order valence-corrected chi connectivity index (χ0v) is 22.8. The number of hydrogen-bond acceptors (Lipinski definition) is 10. The van der Waals surface area contributed by atoms with Crippen LogP contribution in [0, 0.1) is 6.92 Å². The van der Waals surface area contributed by atoms with Crippen LogP contribution in [0.5, 0.6) is 5.75 Å². The van der Waals surface area contributed by atoms with Crippen molar-refractivity contribution >= 4 is 42.7 Å². The second-order valence-corrected chi connectivity index (χ2v) is 12.2. The molecule has 0 radical (unpaired) electrons. The van der Waals surface area contributed by atoms with Gasteiger partial charge in [-0.3, -0.25) is 0 Å². The fourth-order valence-corrected chi connectivity index (χ4v) is 5.62. The molecule has 3 aromatic heterocycles. The quantitative estimate of drug-likeness (QED) is 0.376. The molecular formula is C25H29N7O3S2. The first-order valence-electron chi connectivity index (χ1n) is 11.9. The number of nitrogens with zero attached hydrogens (tertiary/aromatic N) is 5. The summed E-state index contributed by atoms with van der Waals surface area (Å²) in [4.78, 5) is 21.3. The fraction of sp³-hybridized carbons (Fsp3) is 0.360. The molecule has 0 amide bonds. The fourth-order valence-electron chi connectivity index (χ4n) is 4.57. The minimum Gasteiger partial charge on any atom is -0.491 e. The monoisotopic (exact) mass is 539 g/mol. The van der Waals surface area contributed by atoms with Crippen LogP contribution in [0.15, 0.2) is 30.5 Å². The Morgan fingerprint density at radius 3 is 2.76 bits per heavy atom. The number of aromatic nitrogens is 4. The molecule has 0 bridgehead atoms. The number of fused-ring (bicyclic) bond motifs is 2. The first kappa shape index (κ1) is 25.3. The van der Waals surface area contributed by atoms with Crippen molar-refractivity contribution in [1.82, 2.24) is 24.7 Å². The van der Waals surface area contributed by atoms with E-state index in [2.05, 4.69) is 44.5 Å². The van der Waals surface area contributed by atoms with Crippen LogP contribution in [-0.4, -0.2) is 47.8 Å². The number of hydrogen-bond donors (Lipinski definition) is 2. The van der Waals surface area contributed by atoms with Gasteiger partial charge in [0.1, 0.15) is 34.3 Å². The summed E-state index contributed by atoms with van der Waals surface area (Å²) in [7, 11) is -3.37. The predicted molar refractivity (Wildman–Crippen MR) is 146 cm³/mol. The number of nitrogens with two attached hydrogens (primary N) is 1. The molecule has 0 spiro atoms. The Labute approximate surface area is 220 Å². The summed E-state index contributed by atoms with van der Waals surface area (Å²) in [5.41, 5.74) is 11.5. The van der Waals surface area contributed by atoms with E-state index in [4.69, 9.17) is 15.5 Å². The molecule has 0 aliphatic carbocycles. The van der Waals surface area contributed by atoms with Crippen molar-refractivity contribution in [3.63, 3.8) is 0 Å². The largest absolute Gasteiger partial charge is 0.491 e. The van der Waals surface area contributed by atoms with Gasteiger partial charge in [-0.1, -0.05) is 31.3 Å². The summed E-state index contributed by atoms with van der Waals surface area (Å²) in [6.07, 6.45) is 2.96. The highest BCUT2D eigenvalue weighted by molar-refractivity contribution is 7.88. The molecule has 0 unspecified atom stereocenters. The second kappa shape index (κ2) is 9.84. The lowest BCUT2D eigenvalue weighted by Crippen LogP contribution is -2.29. The molecule has 10 nitrogen and oxygen atoms in total. The van der Waals surface area contributed by atoms with Gasteiger partial charge in [-0.2, -0.15) is 0 Å². The third-order valence-electron chi connectivity index (χ3n) is 6.17. The molecule has 5 rings (SSSR count). The average Bonchev–Trinajstić information content (AvgIpc) is 3.07. The zero-order valence-electron chi connectivity index (χ0n) is 21.1. The smallest absolute Gasteiger partial charge is 0.209 e. The lowest BCUT2D eigenvalue weighted by molar-refractivity contribution is 0.331. The Kier molecular flexibility index (Phi) is 6.73. The minimum atomic E-state index is -3.37. The number of aryl methyl sites for hydroxylation is 1. The van der Waals surface area contributed by atoms with Gasteiger partial charge in [-0.25, -0.2) is 33.1 Å². The summed E-state index contributed by atoms with van der Waals surface area (Å²) in [6.45, 7) is 7.90. The van der Waals surface area contributed by atoms with Crippen molar-refractivity contribution in [2.24, 2.45) is 0 Å². The molecule has 37 heavy (non-hydrogen) atoms. The van der Waals surface area contributed by atoms with Crippen LogP contribution < -0.4 is 20.1 Å². The maximum atomic E-state index is 11.6. The van der Waals surface area contributed by atoms with Crippen LogP contribution in [0.1, 0.15) is 42.4 Å². The Bertz CT molecular complexity index is 1580. The van der Waals surface area contributed by atoms with Crippen LogP contribution in [0.3, 0.4) is 0 Å². The normalized spacial score (nSPS) is 14.0. The number of nitrogens with one attached hydrogen (secondary N) is 1. The number of benzene rings is 1. The highest BCUT2D eigenvalue weighted by atomic mass is 32.2. The second-order valence-electron chi connectivity index (χ2n) is 9.40. The Morgan fingerprint density at radius 1 is 1.19 bits per heavy atom. The van der Waals surface area contributed by atoms with Gasteiger partial charge < -0.3 is 15.4 Å². The predicted octanol–water partition coefficient (Wildman–Crippen LogP) is 3.61. The molecule has 0 saturated carbocycles. The summed E-state index contributed by atoms with van der Waals surface area (Å²) >= 11 is 1.37. The van der Waals surface area contributed by atoms with Crippen molar-refractivity contribution in [2.45, 2.75) is 39.8 Å². The summed E-state index contributed by atoms with van der Waals surface area (Å²) in [5, 5.41) is 0.498. The van der Waals surface area contributed by atoms with Crippen molar-refractivity contribution in [2.75, 3.05) is 30.0 Å². The molecule has 4 aromatic rings. The van der Waals surface area contributed by atoms with E-state index in [1.54, 1.807) is 0 Å². The summed E-state index contributed by atoms with van der Waals surface area (Å²) in [5.74, 6) is 2.25. The number of pyridine rings is 1. The zero-order chi connectivity index (χ0) is 26.3. The lowest BCUT2D eigenvalue weighted by atomic mass is 10.0. The molecule has 1 aromatic carbocycles. The SMILES string of the molecule is Cc1nc(CNS(C)(=O)=O)nc(N2CCOc3ccc(-c4cnc5sc(N)nc5c4)cc3C2)c1C(C)C. The van der Waals surface area contributed by atoms with Gasteiger partial charge in [-0.15, -0.1) is 0 Å². The maximum absolute atomic E-state index is 11.6. The van der Waals surface area contributed by atoms with E-state index in [0.29, 0.717) is 30.7 Å². The molecule has 1 aliphatic heterocycles. The van der Waals surface area contributed by atoms with Crippen LogP contribution >= 0.6 is 11.3 Å². The third kappa shape index (κ3) is 5.50. The van der Waals surface area contributed by atoms with E-state index in [1.807, 2.05) is 31.3 Å². The minimum absolute atomic E-state index is 0.0345. The third-order valence-corrected chi connectivity index (χ3v) is 7.65. The van der Waals surface area contributed by atoms with Crippen LogP contribution in [0.2, 0.25) is 0 Å². The first-order chi connectivity index (χ1) is 17.6. The number of ether oxygens (including phenoxy) is 1. The Balaban J connectivity index is 1.51. The van der Waals surface area contributed by atoms with E-state index in [0.717, 1.165) is 56.1 Å². The molecule has 0 fully saturated rings. The topological polar surface area (TPSA) is 136 Å². The van der Waals surface area contributed by atoms with E-state index in [1.165, 1.54) is 11.3 Å². The molecule has 0 saturated heterocycles. The van der Waals surface area contributed by atoms with Crippen molar-refractivity contribution < 1.29 is 13.2 Å². The van der Waals surface area contributed by atoms with Gasteiger partial charge in [0, 0.05) is 35.1 Å². The van der Waals surface area contributed by atoms with E-state index < -0.39 is 10.0 Å². The molecular weight excluding hydrogens is 510 g/mol. The van der Waals surface area contributed by atoms with Gasteiger partial charge in [0.2, 0.25) is 10.0 Å². The summed E-state index contributed by atoms with van der Waals surface area (Å²) in [6, 6.07) is 8.12. The number of sulfonamides is 1. The van der Waals surface area contributed by atoms with Gasteiger partial charge >= 0.3 is 0 Å². The van der Waals surface area contributed by atoms with E-state index in [9.17, 15) is 8.42 Å². The summed E-state index contributed by atoms with van der Waals surface area (Å²) < 4.78 is 31.9. The lowest BCUT2D eigenvalue weighted by Gasteiger charge is -2.26. The molecule has 194 valence electrons. The van der Waals surface area contributed by atoms with Gasteiger partial charge in [0.05, 0.1) is 19.3 Å². The molecule has 4 heterocycles. The maximum Gasteiger partial charge on any atom is 0.209 e. The van der Waals surface area contributed by atoms with Crippen LogP contribution in [-0.2, 0) is 23.1 Å². The number of nitrogen functional groups attached to an aromatic ring is 1. The van der Waals surface area contributed by atoms with Gasteiger partial charge in [0.25, 0.3) is 0 Å². The van der Waals surface area contributed by atoms with Crippen LogP contribution in [0.25, 0.3) is 21.5 Å². The molecule has 1 aliphatic rings. The number of rotatable bonds is 6. The molecule has 3 N–H and O–H groups in total. The van der Waals surface area contributed by atoms with Crippen LogP contribution in [0.4, 0.5) is 10.9 Å². The number of anilines is 2. The Morgan fingerprint density at radius 2 is 2.00 bits per heavy atom. The van der Waals surface area contributed by atoms with Gasteiger partial charge in [-0.05, 0) is 36.6 Å². The highest BCUT2D eigenvalue weighted by Crippen LogP contribution is 2.35. The highest BCUT2D eigenvalue weighted by Gasteiger charge is 2.24. The number of thiazole rings is 1. The standard InChI is InChI=1S/C25H29N7O3S2/c1-14(2)22-15(3)29-21(12-28-37(4,33)34)31-23(22)32-7-8-35-20-6-5-16(9-18(20)13-32)17-10-19-24(27-11-17)36-25(26)30-19/h5-6,9-11,14,28H,7-8,12-13H2,1-4H3,(H2,26,30). The van der Waals surface area contributed by atoms with Crippen molar-refractivity contribution in [3.05, 3.63) is 53.1 Å². The van der Waals surface area contributed by atoms with E-state index >= 15 is 0 Å². The first-order valence-corrected chi connectivity index (χ1v) is 14.6. The Hall–Kier alpha value is -3.35.